The Morgan fingerprint density at radius 2 is 2.17 bits per heavy atom. The van der Waals surface area contributed by atoms with E-state index in [2.05, 4.69) is 15.9 Å². The zero-order valence-corrected chi connectivity index (χ0v) is 8.07. The predicted octanol–water partition coefficient (Wildman–Crippen LogP) is 2.18. The van der Waals surface area contributed by atoms with Crippen LogP contribution in [0.1, 0.15) is 11.1 Å². The molecule has 0 saturated heterocycles. The highest BCUT2D eigenvalue weighted by atomic mass is 79.9. The second kappa shape index (κ2) is 3.23. The molecular weight excluding hydrogens is 223 g/mol. The van der Waals surface area contributed by atoms with Crippen molar-refractivity contribution in [3.8, 4) is 0 Å². The summed E-state index contributed by atoms with van der Waals surface area (Å²) in [5, 5.41) is 7.17. The Morgan fingerprint density at radius 3 is 2.67 bits per heavy atom. The molecule has 2 nitrogen and oxygen atoms in total. The van der Waals surface area contributed by atoms with Crippen LogP contribution < -0.4 is 5.73 Å². The van der Waals surface area contributed by atoms with Crippen LogP contribution in [-0.4, -0.2) is 5.84 Å². The van der Waals surface area contributed by atoms with Gasteiger partial charge in [-0.1, -0.05) is 0 Å². The molecule has 1 rings (SSSR count). The molecule has 0 fully saturated rings. The number of nitrogens with one attached hydrogen (secondary N) is 1. The zero-order chi connectivity index (χ0) is 9.30. The minimum atomic E-state index is -0.299. The third kappa shape index (κ3) is 1.64. The van der Waals surface area contributed by atoms with Gasteiger partial charge in [0.2, 0.25) is 0 Å². The summed E-state index contributed by atoms with van der Waals surface area (Å²) in [6.07, 6.45) is 0. The molecule has 0 spiro atoms. The lowest BCUT2D eigenvalue weighted by atomic mass is 10.1. The highest BCUT2D eigenvalue weighted by Gasteiger charge is 2.06. The molecule has 0 amide bonds. The summed E-state index contributed by atoms with van der Waals surface area (Å²) in [4.78, 5) is 0. The summed E-state index contributed by atoms with van der Waals surface area (Å²) in [5.74, 6) is -0.364. The predicted molar refractivity (Wildman–Crippen MR) is 49.9 cm³/mol. The van der Waals surface area contributed by atoms with Gasteiger partial charge >= 0.3 is 0 Å². The molecule has 0 bridgehead atoms. The zero-order valence-electron chi connectivity index (χ0n) is 6.49. The molecule has 0 aliphatic rings. The van der Waals surface area contributed by atoms with Gasteiger partial charge in [-0.3, -0.25) is 5.41 Å². The highest BCUT2D eigenvalue weighted by molar-refractivity contribution is 9.10. The molecule has 64 valence electrons. The summed E-state index contributed by atoms with van der Waals surface area (Å²) in [7, 11) is 0. The van der Waals surface area contributed by atoms with E-state index in [0.29, 0.717) is 15.6 Å². The minimum Gasteiger partial charge on any atom is -0.384 e. The quantitative estimate of drug-likeness (QED) is 0.564. The van der Waals surface area contributed by atoms with Gasteiger partial charge in [-0.2, -0.15) is 0 Å². The molecule has 12 heavy (non-hydrogen) atoms. The minimum absolute atomic E-state index is 0.0648. The number of nitrogens with two attached hydrogens (primary N) is 1. The van der Waals surface area contributed by atoms with E-state index in [0.717, 1.165) is 0 Å². The van der Waals surface area contributed by atoms with E-state index >= 15 is 0 Å². The molecule has 0 heterocycles. The van der Waals surface area contributed by atoms with Crippen molar-refractivity contribution in [3.63, 3.8) is 0 Å². The molecule has 0 aliphatic heterocycles. The monoisotopic (exact) mass is 230 g/mol. The summed E-state index contributed by atoms with van der Waals surface area (Å²) in [6, 6.07) is 2.85. The van der Waals surface area contributed by atoms with Crippen molar-refractivity contribution in [2.45, 2.75) is 6.92 Å². The van der Waals surface area contributed by atoms with Crippen LogP contribution in [0.2, 0.25) is 0 Å². The molecule has 1 aromatic rings. The summed E-state index contributed by atoms with van der Waals surface area (Å²) < 4.78 is 13.4. The van der Waals surface area contributed by atoms with Gasteiger partial charge in [-0.25, -0.2) is 4.39 Å². The maximum atomic E-state index is 12.9. The number of benzene rings is 1. The first-order valence-electron chi connectivity index (χ1n) is 3.32. The first-order valence-corrected chi connectivity index (χ1v) is 4.11. The van der Waals surface area contributed by atoms with Crippen LogP contribution >= 0.6 is 15.9 Å². The number of hydrogen-bond acceptors (Lipinski definition) is 1. The van der Waals surface area contributed by atoms with Crippen LogP contribution in [-0.2, 0) is 0 Å². The maximum absolute atomic E-state index is 12.9. The molecular formula is C8H8BrFN2. The van der Waals surface area contributed by atoms with Crippen molar-refractivity contribution >= 4 is 21.8 Å². The van der Waals surface area contributed by atoms with E-state index in [4.69, 9.17) is 11.1 Å². The molecule has 0 aliphatic carbocycles. The average molecular weight is 231 g/mol. The number of amidine groups is 1. The number of hydrogen-bond donors (Lipinski definition) is 2. The standard InChI is InChI=1S/C8H8BrFN2/c1-4-2-5(8(11)12)6(9)3-7(4)10/h2-3H,1H3,(H3,11,12). The first-order chi connectivity index (χ1) is 5.52. The topological polar surface area (TPSA) is 49.9 Å². The Kier molecular flexibility index (Phi) is 2.47. The maximum Gasteiger partial charge on any atom is 0.127 e. The first kappa shape index (κ1) is 9.19. The van der Waals surface area contributed by atoms with Crippen molar-refractivity contribution in [3.05, 3.63) is 33.5 Å². The second-order valence-corrected chi connectivity index (χ2v) is 3.35. The molecule has 0 aromatic heterocycles. The normalized spacial score (nSPS) is 9.92. The molecule has 1 aromatic carbocycles. The van der Waals surface area contributed by atoms with Crippen molar-refractivity contribution in [2.75, 3.05) is 0 Å². The second-order valence-electron chi connectivity index (χ2n) is 2.49. The third-order valence-electron chi connectivity index (χ3n) is 1.54. The van der Waals surface area contributed by atoms with Crippen molar-refractivity contribution in [1.82, 2.24) is 0 Å². The summed E-state index contributed by atoms with van der Waals surface area (Å²) in [5.41, 5.74) is 6.28. The van der Waals surface area contributed by atoms with Crippen LogP contribution in [0.4, 0.5) is 4.39 Å². The van der Waals surface area contributed by atoms with Crippen LogP contribution in [0.3, 0.4) is 0 Å². The number of aryl methyl sites for hydroxylation is 1. The lowest BCUT2D eigenvalue weighted by molar-refractivity contribution is 0.617. The Morgan fingerprint density at radius 1 is 1.58 bits per heavy atom. The van der Waals surface area contributed by atoms with Gasteiger partial charge < -0.3 is 5.73 Å². The molecule has 3 N–H and O–H groups in total. The van der Waals surface area contributed by atoms with E-state index in [1.807, 2.05) is 0 Å². The molecule has 0 radical (unpaired) electrons. The summed E-state index contributed by atoms with van der Waals surface area (Å²) in [6.45, 7) is 1.63. The van der Waals surface area contributed by atoms with Crippen LogP contribution in [0.25, 0.3) is 0 Å². The lowest BCUT2D eigenvalue weighted by Gasteiger charge is -2.04. The van der Waals surface area contributed by atoms with Crippen LogP contribution in [0.15, 0.2) is 16.6 Å². The Labute approximate surface area is 78.2 Å². The van der Waals surface area contributed by atoms with Gasteiger partial charge in [0.1, 0.15) is 11.7 Å². The van der Waals surface area contributed by atoms with Gasteiger partial charge in [-0.05, 0) is 40.5 Å². The van der Waals surface area contributed by atoms with Gasteiger partial charge in [0, 0.05) is 10.0 Å². The number of nitrogen functional groups attached to an aromatic ring is 1. The summed E-state index contributed by atoms with van der Waals surface area (Å²) >= 11 is 3.12. The number of halogens is 2. The van der Waals surface area contributed by atoms with Crippen LogP contribution in [0, 0.1) is 18.2 Å². The SMILES string of the molecule is Cc1cc(C(=N)N)c(Br)cc1F. The van der Waals surface area contributed by atoms with Gasteiger partial charge in [0.05, 0.1) is 0 Å². The van der Waals surface area contributed by atoms with E-state index in [1.54, 1.807) is 13.0 Å². The van der Waals surface area contributed by atoms with Crippen molar-refractivity contribution in [1.29, 1.82) is 5.41 Å². The van der Waals surface area contributed by atoms with E-state index in [9.17, 15) is 4.39 Å². The van der Waals surface area contributed by atoms with E-state index in [-0.39, 0.29) is 11.7 Å². The Balaban J connectivity index is 3.33. The fraction of sp³-hybridized carbons (Fsp3) is 0.125. The van der Waals surface area contributed by atoms with Gasteiger partial charge in [0.25, 0.3) is 0 Å². The molecule has 0 unspecified atom stereocenters. The van der Waals surface area contributed by atoms with Crippen LogP contribution in [0.5, 0.6) is 0 Å². The van der Waals surface area contributed by atoms with E-state index in [1.165, 1.54) is 6.07 Å². The fourth-order valence-electron chi connectivity index (χ4n) is 0.864. The molecule has 0 saturated carbocycles. The van der Waals surface area contributed by atoms with Gasteiger partial charge in [0.15, 0.2) is 0 Å². The van der Waals surface area contributed by atoms with E-state index < -0.39 is 0 Å². The highest BCUT2D eigenvalue weighted by Crippen LogP contribution is 2.20. The third-order valence-corrected chi connectivity index (χ3v) is 2.19. The lowest BCUT2D eigenvalue weighted by Crippen LogP contribution is -2.12. The Hall–Kier alpha value is -0.900. The van der Waals surface area contributed by atoms with Crippen molar-refractivity contribution < 1.29 is 4.39 Å². The largest absolute Gasteiger partial charge is 0.384 e. The molecule has 0 atom stereocenters. The van der Waals surface area contributed by atoms with Crippen molar-refractivity contribution in [2.24, 2.45) is 5.73 Å². The van der Waals surface area contributed by atoms with Gasteiger partial charge in [-0.15, -0.1) is 0 Å². The fourth-order valence-corrected chi connectivity index (χ4v) is 1.39. The smallest absolute Gasteiger partial charge is 0.127 e. The Bertz CT molecular complexity index is 336. The molecule has 4 heteroatoms. The number of rotatable bonds is 1. The average Bonchev–Trinajstić information content (AvgIpc) is 1.96.